The third-order valence-corrected chi connectivity index (χ3v) is 3.62. The van der Waals surface area contributed by atoms with E-state index in [2.05, 4.69) is 10.6 Å². The highest BCUT2D eigenvalue weighted by Gasteiger charge is 2.15. The summed E-state index contributed by atoms with van der Waals surface area (Å²) in [7, 11) is 1.61. The number of amides is 3. The Kier molecular flexibility index (Phi) is 8.02. The van der Waals surface area contributed by atoms with Crippen molar-refractivity contribution in [3.63, 3.8) is 0 Å². The van der Waals surface area contributed by atoms with E-state index in [1.807, 2.05) is 0 Å². The van der Waals surface area contributed by atoms with Gasteiger partial charge in [-0.05, 0) is 12.8 Å². The predicted octanol–water partition coefficient (Wildman–Crippen LogP) is 1.11. The van der Waals surface area contributed by atoms with Crippen molar-refractivity contribution in [2.75, 3.05) is 33.4 Å². The van der Waals surface area contributed by atoms with Gasteiger partial charge < -0.3 is 20.3 Å². The smallest absolute Gasteiger partial charge is 0.315 e. The molecule has 0 bridgehead atoms. The Morgan fingerprint density at radius 2 is 1.90 bits per heavy atom. The summed E-state index contributed by atoms with van der Waals surface area (Å²) >= 11 is 0. The Hall–Kier alpha value is -1.30. The van der Waals surface area contributed by atoms with Gasteiger partial charge in [0.2, 0.25) is 5.91 Å². The maximum atomic E-state index is 11.7. The van der Waals surface area contributed by atoms with Crippen LogP contribution in [0, 0.1) is 0 Å². The molecule has 1 aliphatic carbocycles. The lowest BCUT2D eigenvalue weighted by atomic mass is 9.96. The highest BCUT2D eigenvalue weighted by molar-refractivity contribution is 5.75. The topological polar surface area (TPSA) is 70.7 Å². The summed E-state index contributed by atoms with van der Waals surface area (Å²) < 4.78 is 4.96. The highest BCUT2D eigenvalue weighted by atomic mass is 16.5. The van der Waals surface area contributed by atoms with Crippen LogP contribution in [0.15, 0.2) is 0 Å². The minimum atomic E-state index is -0.132. The van der Waals surface area contributed by atoms with E-state index >= 15 is 0 Å². The van der Waals surface area contributed by atoms with Crippen molar-refractivity contribution in [3.05, 3.63) is 0 Å². The van der Waals surface area contributed by atoms with Gasteiger partial charge in [0.1, 0.15) is 0 Å². The summed E-state index contributed by atoms with van der Waals surface area (Å²) in [6.07, 6.45) is 5.80. The first-order valence-corrected chi connectivity index (χ1v) is 7.42. The second kappa shape index (κ2) is 9.58. The zero-order valence-corrected chi connectivity index (χ0v) is 12.6. The summed E-state index contributed by atoms with van der Waals surface area (Å²) in [6, 6.07) is 0.174. The van der Waals surface area contributed by atoms with Crippen LogP contribution in [0.25, 0.3) is 0 Å². The van der Waals surface area contributed by atoms with Crippen LogP contribution in [-0.2, 0) is 9.53 Å². The van der Waals surface area contributed by atoms with Crippen LogP contribution >= 0.6 is 0 Å². The van der Waals surface area contributed by atoms with Crippen molar-refractivity contribution in [1.82, 2.24) is 15.5 Å². The summed E-state index contributed by atoms with van der Waals surface area (Å²) in [4.78, 5) is 24.8. The van der Waals surface area contributed by atoms with E-state index in [0.29, 0.717) is 32.3 Å². The lowest BCUT2D eigenvalue weighted by Crippen LogP contribution is -2.46. The lowest BCUT2D eigenvalue weighted by Gasteiger charge is -2.24. The number of carbonyl (C=O) groups excluding carboxylic acids is 2. The molecule has 0 unspecified atom stereocenters. The van der Waals surface area contributed by atoms with E-state index in [-0.39, 0.29) is 11.9 Å². The van der Waals surface area contributed by atoms with Crippen molar-refractivity contribution < 1.29 is 14.3 Å². The number of hydrogen-bond donors (Lipinski definition) is 2. The van der Waals surface area contributed by atoms with Crippen molar-refractivity contribution >= 4 is 11.9 Å². The van der Waals surface area contributed by atoms with Crippen molar-refractivity contribution in [1.29, 1.82) is 0 Å². The molecule has 0 aliphatic heterocycles. The van der Waals surface area contributed by atoms with Gasteiger partial charge >= 0.3 is 6.03 Å². The molecule has 0 saturated heterocycles. The summed E-state index contributed by atoms with van der Waals surface area (Å²) in [5, 5.41) is 5.79. The molecule has 0 aromatic carbocycles. The first-order chi connectivity index (χ1) is 9.63. The van der Waals surface area contributed by atoms with Gasteiger partial charge in [-0.15, -0.1) is 0 Å². The molecule has 0 aromatic rings. The fourth-order valence-corrected chi connectivity index (χ4v) is 2.42. The van der Waals surface area contributed by atoms with Crippen LogP contribution in [0.2, 0.25) is 0 Å². The third-order valence-electron chi connectivity index (χ3n) is 3.62. The Balaban J connectivity index is 2.17. The number of urea groups is 1. The molecule has 3 amide bonds. The molecule has 0 radical (unpaired) electrons. The predicted molar refractivity (Wildman–Crippen MR) is 77.5 cm³/mol. The number of carbonyl (C=O) groups is 2. The van der Waals surface area contributed by atoms with E-state index < -0.39 is 0 Å². The van der Waals surface area contributed by atoms with Crippen molar-refractivity contribution in [2.45, 2.75) is 45.1 Å². The molecule has 6 nitrogen and oxygen atoms in total. The zero-order valence-electron chi connectivity index (χ0n) is 12.6. The monoisotopic (exact) mass is 285 g/mol. The largest absolute Gasteiger partial charge is 0.383 e. The van der Waals surface area contributed by atoms with Crippen LogP contribution in [0.1, 0.15) is 39.0 Å². The van der Waals surface area contributed by atoms with E-state index in [1.165, 1.54) is 26.2 Å². The lowest BCUT2D eigenvalue weighted by molar-refractivity contribution is -0.129. The first-order valence-electron chi connectivity index (χ1n) is 7.42. The zero-order chi connectivity index (χ0) is 14.8. The quantitative estimate of drug-likeness (QED) is 0.736. The van der Waals surface area contributed by atoms with Gasteiger partial charge in [0.15, 0.2) is 0 Å². The second-order valence-corrected chi connectivity index (χ2v) is 5.23. The summed E-state index contributed by atoms with van der Waals surface area (Å²) in [5.41, 5.74) is 0. The van der Waals surface area contributed by atoms with Gasteiger partial charge in [-0.2, -0.15) is 0 Å². The molecule has 0 atom stereocenters. The molecule has 20 heavy (non-hydrogen) atoms. The molecule has 1 fully saturated rings. The SMILES string of the molecule is COCCN(CCNC(=O)NC1CCCCC1)C(C)=O. The minimum Gasteiger partial charge on any atom is -0.383 e. The molecule has 1 aliphatic rings. The highest BCUT2D eigenvalue weighted by Crippen LogP contribution is 2.16. The van der Waals surface area contributed by atoms with E-state index in [4.69, 9.17) is 4.74 Å². The van der Waals surface area contributed by atoms with Crippen LogP contribution in [0.5, 0.6) is 0 Å². The number of hydrogen-bond acceptors (Lipinski definition) is 3. The van der Waals surface area contributed by atoms with Crippen LogP contribution in [0.3, 0.4) is 0 Å². The number of methoxy groups -OCH3 is 1. The molecule has 0 heterocycles. The van der Waals surface area contributed by atoms with Gasteiger partial charge in [0.25, 0.3) is 0 Å². The Labute approximate surface area is 121 Å². The Morgan fingerprint density at radius 3 is 2.50 bits per heavy atom. The number of ether oxygens (including phenoxy) is 1. The molecule has 116 valence electrons. The van der Waals surface area contributed by atoms with Crippen molar-refractivity contribution in [2.24, 2.45) is 0 Å². The Morgan fingerprint density at radius 1 is 1.20 bits per heavy atom. The van der Waals surface area contributed by atoms with Crippen LogP contribution < -0.4 is 10.6 Å². The number of nitrogens with one attached hydrogen (secondary N) is 2. The normalized spacial score (nSPS) is 15.7. The molecular weight excluding hydrogens is 258 g/mol. The van der Waals surface area contributed by atoms with Crippen LogP contribution in [-0.4, -0.2) is 56.2 Å². The molecule has 1 saturated carbocycles. The van der Waals surface area contributed by atoms with E-state index in [1.54, 1.807) is 12.0 Å². The van der Waals surface area contributed by atoms with E-state index in [9.17, 15) is 9.59 Å². The maximum Gasteiger partial charge on any atom is 0.315 e. The Bertz CT molecular complexity index is 304. The van der Waals surface area contributed by atoms with Gasteiger partial charge in [0, 0.05) is 39.7 Å². The van der Waals surface area contributed by atoms with Crippen LogP contribution in [0.4, 0.5) is 4.79 Å². The average molecular weight is 285 g/mol. The fraction of sp³-hybridized carbons (Fsp3) is 0.857. The first kappa shape index (κ1) is 16.8. The summed E-state index contributed by atoms with van der Waals surface area (Å²) in [5.74, 6) is -0.00320. The summed E-state index contributed by atoms with van der Waals surface area (Å²) in [6.45, 7) is 3.56. The molecule has 6 heteroatoms. The van der Waals surface area contributed by atoms with Crippen molar-refractivity contribution in [3.8, 4) is 0 Å². The molecule has 2 N–H and O–H groups in total. The minimum absolute atomic E-state index is 0.00320. The number of rotatable bonds is 7. The average Bonchev–Trinajstić information content (AvgIpc) is 2.43. The third kappa shape index (κ3) is 6.75. The van der Waals surface area contributed by atoms with E-state index in [0.717, 1.165) is 12.8 Å². The second-order valence-electron chi connectivity index (χ2n) is 5.23. The number of nitrogens with zero attached hydrogens (tertiary/aromatic N) is 1. The van der Waals surface area contributed by atoms with Gasteiger partial charge in [0.05, 0.1) is 6.61 Å². The maximum absolute atomic E-state index is 11.7. The fourth-order valence-electron chi connectivity index (χ4n) is 2.42. The standard InChI is InChI=1S/C14H27N3O3/c1-12(18)17(10-11-20-2)9-8-15-14(19)16-13-6-4-3-5-7-13/h13H,3-11H2,1-2H3,(H2,15,16,19). The van der Waals surface area contributed by atoms with Gasteiger partial charge in [-0.25, -0.2) is 4.79 Å². The van der Waals surface area contributed by atoms with Gasteiger partial charge in [-0.3, -0.25) is 4.79 Å². The molecule has 0 spiro atoms. The molecule has 1 rings (SSSR count). The molecule has 0 aromatic heterocycles. The van der Waals surface area contributed by atoms with Gasteiger partial charge in [-0.1, -0.05) is 19.3 Å². The molecular formula is C14H27N3O3.